The summed E-state index contributed by atoms with van der Waals surface area (Å²) in [6, 6.07) is 8.55. The molecule has 0 spiro atoms. The number of hydrogen-bond donors (Lipinski definition) is 1. The Morgan fingerprint density at radius 3 is 2.09 bits per heavy atom. The van der Waals surface area contributed by atoms with Crippen molar-refractivity contribution in [3.8, 4) is 0 Å². The highest BCUT2D eigenvalue weighted by Gasteiger charge is 2.16. The summed E-state index contributed by atoms with van der Waals surface area (Å²) in [5.74, 6) is 0.0945. The molecule has 1 saturated heterocycles. The highest BCUT2D eigenvalue weighted by molar-refractivity contribution is 5.94. The number of benzene rings is 1. The molecular weight excluding hydrogens is 272 g/mol. The maximum atomic E-state index is 12.4. The van der Waals surface area contributed by atoms with Crippen LogP contribution in [0.3, 0.4) is 0 Å². The van der Waals surface area contributed by atoms with E-state index in [9.17, 15) is 4.79 Å². The molecule has 1 amide bonds. The van der Waals surface area contributed by atoms with Crippen LogP contribution in [-0.4, -0.2) is 25.0 Å². The van der Waals surface area contributed by atoms with Gasteiger partial charge in [0, 0.05) is 30.4 Å². The van der Waals surface area contributed by atoms with Crippen LogP contribution in [0.1, 0.15) is 68.1 Å². The summed E-state index contributed by atoms with van der Waals surface area (Å²) >= 11 is 0. The minimum Gasteiger partial charge on any atom is -0.372 e. The van der Waals surface area contributed by atoms with Gasteiger partial charge in [0.05, 0.1) is 0 Å². The van der Waals surface area contributed by atoms with Crippen molar-refractivity contribution >= 4 is 11.6 Å². The van der Waals surface area contributed by atoms with E-state index in [0.717, 1.165) is 31.5 Å². The molecule has 3 heteroatoms. The molecule has 1 aromatic rings. The number of anilines is 1. The van der Waals surface area contributed by atoms with E-state index in [1.54, 1.807) is 0 Å². The van der Waals surface area contributed by atoms with Crippen LogP contribution in [0.15, 0.2) is 24.3 Å². The Labute approximate surface area is 134 Å². The average Bonchev–Trinajstić information content (AvgIpc) is 2.84. The molecule has 1 aromatic carbocycles. The number of piperidine rings is 1. The number of nitrogens with one attached hydrogen (secondary N) is 1. The molecule has 1 aliphatic carbocycles. The van der Waals surface area contributed by atoms with Gasteiger partial charge in [-0.2, -0.15) is 0 Å². The Balaban J connectivity index is 1.58. The van der Waals surface area contributed by atoms with Gasteiger partial charge in [0.15, 0.2) is 0 Å². The van der Waals surface area contributed by atoms with Crippen LogP contribution in [0.5, 0.6) is 0 Å². The van der Waals surface area contributed by atoms with Gasteiger partial charge in [-0.3, -0.25) is 4.79 Å². The van der Waals surface area contributed by atoms with Crippen molar-refractivity contribution in [3.63, 3.8) is 0 Å². The normalized spacial score (nSPS) is 20.5. The van der Waals surface area contributed by atoms with Crippen molar-refractivity contribution in [3.05, 3.63) is 29.8 Å². The predicted octanol–water partition coefficient (Wildman–Crippen LogP) is 4.13. The quantitative estimate of drug-likeness (QED) is 0.851. The molecule has 2 aliphatic rings. The summed E-state index contributed by atoms with van der Waals surface area (Å²) in [7, 11) is 0. The molecule has 1 aliphatic heterocycles. The number of rotatable bonds is 3. The van der Waals surface area contributed by atoms with Crippen LogP contribution in [-0.2, 0) is 0 Å². The van der Waals surface area contributed by atoms with Crippen molar-refractivity contribution < 1.29 is 4.79 Å². The number of hydrogen-bond acceptors (Lipinski definition) is 2. The number of amides is 1. The first-order valence-corrected chi connectivity index (χ1v) is 8.99. The summed E-state index contributed by atoms with van der Waals surface area (Å²) in [6.07, 6.45) is 11.3. The third-order valence-electron chi connectivity index (χ3n) is 5.04. The Morgan fingerprint density at radius 1 is 0.864 bits per heavy atom. The second-order valence-electron chi connectivity index (χ2n) is 6.76. The third kappa shape index (κ3) is 4.02. The van der Waals surface area contributed by atoms with Crippen LogP contribution in [0.4, 0.5) is 5.69 Å². The van der Waals surface area contributed by atoms with Crippen molar-refractivity contribution in [2.75, 3.05) is 18.0 Å². The average molecular weight is 300 g/mol. The lowest BCUT2D eigenvalue weighted by Crippen LogP contribution is -2.34. The SMILES string of the molecule is O=C(NC1CCCCCC1)c1ccc(N2CCCCC2)cc1. The van der Waals surface area contributed by atoms with E-state index in [0.29, 0.717) is 6.04 Å². The summed E-state index contributed by atoms with van der Waals surface area (Å²) < 4.78 is 0. The minimum absolute atomic E-state index is 0.0945. The van der Waals surface area contributed by atoms with Gasteiger partial charge >= 0.3 is 0 Å². The number of carbonyl (C=O) groups is 1. The van der Waals surface area contributed by atoms with Gasteiger partial charge in [-0.15, -0.1) is 0 Å². The van der Waals surface area contributed by atoms with Gasteiger partial charge in [0.25, 0.3) is 5.91 Å². The zero-order valence-electron chi connectivity index (χ0n) is 13.5. The summed E-state index contributed by atoms with van der Waals surface area (Å²) in [6.45, 7) is 2.29. The fourth-order valence-electron chi connectivity index (χ4n) is 3.67. The Morgan fingerprint density at radius 2 is 1.45 bits per heavy atom. The van der Waals surface area contributed by atoms with Gasteiger partial charge in [0.1, 0.15) is 0 Å². The molecule has 0 atom stereocenters. The van der Waals surface area contributed by atoms with E-state index in [1.165, 1.54) is 50.6 Å². The van der Waals surface area contributed by atoms with Crippen LogP contribution in [0.2, 0.25) is 0 Å². The first-order valence-electron chi connectivity index (χ1n) is 8.99. The van der Waals surface area contributed by atoms with Gasteiger partial charge < -0.3 is 10.2 Å². The highest BCUT2D eigenvalue weighted by Crippen LogP contribution is 2.21. The molecule has 22 heavy (non-hydrogen) atoms. The van der Waals surface area contributed by atoms with E-state index >= 15 is 0 Å². The van der Waals surface area contributed by atoms with Crippen molar-refractivity contribution in [2.45, 2.75) is 63.8 Å². The molecule has 0 bridgehead atoms. The Hall–Kier alpha value is -1.51. The van der Waals surface area contributed by atoms with Crippen molar-refractivity contribution in [1.82, 2.24) is 5.32 Å². The maximum absolute atomic E-state index is 12.4. The van der Waals surface area contributed by atoms with E-state index in [1.807, 2.05) is 12.1 Å². The third-order valence-corrected chi connectivity index (χ3v) is 5.04. The van der Waals surface area contributed by atoms with E-state index < -0.39 is 0 Å². The predicted molar refractivity (Wildman–Crippen MR) is 91.5 cm³/mol. The minimum atomic E-state index is 0.0945. The lowest BCUT2D eigenvalue weighted by atomic mass is 10.1. The first-order chi connectivity index (χ1) is 10.8. The van der Waals surface area contributed by atoms with Gasteiger partial charge in [0.2, 0.25) is 0 Å². The maximum Gasteiger partial charge on any atom is 0.251 e. The van der Waals surface area contributed by atoms with E-state index in [2.05, 4.69) is 22.3 Å². The molecular formula is C19H28N2O. The largest absolute Gasteiger partial charge is 0.372 e. The smallest absolute Gasteiger partial charge is 0.251 e. The molecule has 1 heterocycles. The summed E-state index contributed by atoms with van der Waals surface area (Å²) in [4.78, 5) is 14.8. The monoisotopic (exact) mass is 300 g/mol. The zero-order chi connectivity index (χ0) is 15.2. The number of nitrogens with zero attached hydrogens (tertiary/aromatic N) is 1. The molecule has 120 valence electrons. The molecule has 2 fully saturated rings. The van der Waals surface area contributed by atoms with E-state index in [4.69, 9.17) is 0 Å². The molecule has 0 aromatic heterocycles. The van der Waals surface area contributed by atoms with Gasteiger partial charge in [-0.25, -0.2) is 0 Å². The molecule has 0 unspecified atom stereocenters. The van der Waals surface area contributed by atoms with E-state index in [-0.39, 0.29) is 5.91 Å². The molecule has 0 radical (unpaired) electrons. The molecule has 1 N–H and O–H groups in total. The standard InChI is InChI=1S/C19H28N2O/c22-19(20-17-8-4-1-2-5-9-17)16-10-12-18(13-11-16)21-14-6-3-7-15-21/h10-13,17H,1-9,14-15H2,(H,20,22). The van der Waals surface area contributed by atoms with Crippen molar-refractivity contribution in [1.29, 1.82) is 0 Å². The second-order valence-corrected chi connectivity index (χ2v) is 6.76. The van der Waals surface area contributed by atoms with Gasteiger partial charge in [-0.1, -0.05) is 25.7 Å². The fraction of sp³-hybridized carbons (Fsp3) is 0.632. The number of carbonyl (C=O) groups excluding carboxylic acids is 1. The Kier molecular flexibility index (Phi) is 5.36. The Bertz CT molecular complexity index is 469. The topological polar surface area (TPSA) is 32.3 Å². The zero-order valence-corrected chi connectivity index (χ0v) is 13.5. The highest BCUT2D eigenvalue weighted by atomic mass is 16.1. The lowest BCUT2D eigenvalue weighted by molar-refractivity contribution is 0.0933. The summed E-state index contributed by atoms with van der Waals surface area (Å²) in [5.41, 5.74) is 2.05. The van der Waals surface area contributed by atoms with Gasteiger partial charge in [-0.05, 0) is 56.4 Å². The van der Waals surface area contributed by atoms with Crippen LogP contribution in [0, 0.1) is 0 Å². The first kappa shape index (κ1) is 15.4. The molecule has 3 nitrogen and oxygen atoms in total. The summed E-state index contributed by atoms with van der Waals surface area (Å²) in [5, 5.41) is 3.22. The van der Waals surface area contributed by atoms with Crippen LogP contribution >= 0.6 is 0 Å². The fourth-order valence-corrected chi connectivity index (χ4v) is 3.67. The van der Waals surface area contributed by atoms with Crippen LogP contribution in [0.25, 0.3) is 0 Å². The van der Waals surface area contributed by atoms with Crippen molar-refractivity contribution in [2.24, 2.45) is 0 Å². The molecule has 1 saturated carbocycles. The van der Waals surface area contributed by atoms with Crippen LogP contribution < -0.4 is 10.2 Å². The lowest BCUT2D eigenvalue weighted by Gasteiger charge is -2.28. The second kappa shape index (κ2) is 7.66. The molecule has 3 rings (SSSR count).